The van der Waals surface area contributed by atoms with Crippen LogP contribution >= 0.6 is 0 Å². The average molecular weight is 232 g/mol. The predicted octanol–water partition coefficient (Wildman–Crippen LogP) is 1.56. The van der Waals surface area contributed by atoms with Gasteiger partial charge in [0.25, 0.3) is 0 Å². The van der Waals surface area contributed by atoms with Crippen LogP contribution in [0.1, 0.15) is 29.5 Å². The molecule has 17 heavy (non-hydrogen) atoms. The Kier molecular flexibility index (Phi) is 3.41. The highest BCUT2D eigenvalue weighted by molar-refractivity contribution is 5.34. The van der Waals surface area contributed by atoms with E-state index in [-0.39, 0.29) is 0 Å². The molecule has 3 rings (SSSR count). The summed E-state index contributed by atoms with van der Waals surface area (Å²) in [5, 5.41) is 6.86. The fourth-order valence-corrected chi connectivity index (χ4v) is 2.64. The zero-order valence-electron chi connectivity index (χ0n) is 10.2. The van der Waals surface area contributed by atoms with Crippen LogP contribution in [0.3, 0.4) is 0 Å². The zero-order valence-corrected chi connectivity index (χ0v) is 10.2. The van der Waals surface area contributed by atoms with Crippen LogP contribution < -0.4 is 10.6 Å². The van der Waals surface area contributed by atoms with E-state index in [1.165, 1.54) is 29.5 Å². The van der Waals surface area contributed by atoms with Gasteiger partial charge >= 0.3 is 0 Å². The third-order valence-corrected chi connectivity index (χ3v) is 3.63. The second-order valence-corrected chi connectivity index (χ2v) is 4.97. The fourth-order valence-electron chi connectivity index (χ4n) is 2.64. The average Bonchev–Trinajstić information content (AvgIpc) is 2.98. The number of fused-ring (bicyclic) bond motifs is 1. The van der Waals surface area contributed by atoms with E-state index in [9.17, 15) is 0 Å². The van der Waals surface area contributed by atoms with Gasteiger partial charge in [-0.3, -0.25) is 0 Å². The molecule has 1 aromatic carbocycles. The molecular weight excluding hydrogens is 212 g/mol. The van der Waals surface area contributed by atoms with Gasteiger partial charge in [0.2, 0.25) is 0 Å². The van der Waals surface area contributed by atoms with Gasteiger partial charge in [0.1, 0.15) is 0 Å². The molecular formula is C14H20N2O. The number of ether oxygens (including phenoxy) is 1. The van der Waals surface area contributed by atoms with Crippen LogP contribution in [0, 0.1) is 0 Å². The van der Waals surface area contributed by atoms with Crippen LogP contribution in [0.15, 0.2) is 18.2 Å². The Morgan fingerprint density at radius 3 is 3.12 bits per heavy atom. The van der Waals surface area contributed by atoms with Gasteiger partial charge in [-0.2, -0.15) is 0 Å². The monoisotopic (exact) mass is 232 g/mol. The highest BCUT2D eigenvalue weighted by Gasteiger charge is 2.14. The van der Waals surface area contributed by atoms with Crippen molar-refractivity contribution in [3.63, 3.8) is 0 Å². The van der Waals surface area contributed by atoms with Crippen molar-refractivity contribution in [1.82, 2.24) is 10.6 Å². The fraction of sp³-hybridized carbons (Fsp3) is 0.571. The summed E-state index contributed by atoms with van der Waals surface area (Å²) in [4.78, 5) is 0. The molecule has 0 aliphatic carbocycles. The summed E-state index contributed by atoms with van der Waals surface area (Å²) in [5.41, 5.74) is 4.29. The molecule has 0 aromatic heterocycles. The van der Waals surface area contributed by atoms with Crippen LogP contribution in [-0.2, 0) is 24.4 Å². The Morgan fingerprint density at radius 2 is 2.24 bits per heavy atom. The molecule has 3 nitrogen and oxygen atoms in total. The highest BCUT2D eigenvalue weighted by atomic mass is 16.5. The Hall–Kier alpha value is -0.900. The third-order valence-electron chi connectivity index (χ3n) is 3.63. The van der Waals surface area contributed by atoms with Crippen molar-refractivity contribution in [1.29, 1.82) is 0 Å². The number of nitrogens with one attached hydrogen (secondary N) is 2. The summed E-state index contributed by atoms with van der Waals surface area (Å²) in [7, 11) is 0. The molecule has 1 saturated heterocycles. The second-order valence-electron chi connectivity index (χ2n) is 4.97. The van der Waals surface area contributed by atoms with Crippen molar-refractivity contribution in [3.05, 3.63) is 34.9 Å². The molecule has 3 heteroatoms. The van der Waals surface area contributed by atoms with E-state index in [1.54, 1.807) is 0 Å². The number of hydrogen-bond donors (Lipinski definition) is 2. The van der Waals surface area contributed by atoms with Crippen LogP contribution in [0.4, 0.5) is 0 Å². The predicted molar refractivity (Wildman–Crippen MR) is 67.7 cm³/mol. The van der Waals surface area contributed by atoms with Crippen molar-refractivity contribution in [2.45, 2.75) is 38.6 Å². The maximum absolute atomic E-state index is 5.59. The van der Waals surface area contributed by atoms with Crippen molar-refractivity contribution >= 4 is 0 Å². The summed E-state index contributed by atoms with van der Waals surface area (Å²) in [6, 6.07) is 6.80. The smallest absolute Gasteiger partial charge is 0.0700 e. The standard InChI is InChI=1S/C14H20N2O/c1-2-14(17-5-1)10-15-7-11-3-4-12-8-16-9-13(12)6-11/h3-4,6,14-16H,1-2,5,7-10H2. The molecule has 1 atom stereocenters. The van der Waals surface area contributed by atoms with E-state index in [0.29, 0.717) is 6.10 Å². The molecule has 92 valence electrons. The maximum atomic E-state index is 5.59. The van der Waals surface area contributed by atoms with E-state index in [2.05, 4.69) is 28.8 Å². The molecule has 2 aliphatic heterocycles. The van der Waals surface area contributed by atoms with Crippen LogP contribution in [0.5, 0.6) is 0 Å². The van der Waals surface area contributed by atoms with Gasteiger partial charge in [-0.05, 0) is 29.5 Å². The van der Waals surface area contributed by atoms with E-state index >= 15 is 0 Å². The van der Waals surface area contributed by atoms with E-state index in [4.69, 9.17) is 4.74 Å². The third kappa shape index (κ3) is 2.68. The highest BCUT2D eigenvalue weighted by Crippen LogP contribution is 2.17. The lowest BCUT2D eigenvalue weighted by Crippen LogP contribution is -2.25. The Morgan fingerprint density at radius 1 is 1.29 bits per heavy atom. The van der Waals surface area contributed by atoms with Crippen LogP contribution in [0.25, 0.3) is 0 Å². The summed E-state index contributed by atoms with van der Waals surface area (Å²) >= 11 is 0. The minimum absolute atomic E-state index is 0.436. The lowest BCUT2D eigenvalue weighted by atomic mass is 10.1. The molecule has 2 heterocycles. The first-order chi connectivity index (χ1) is 8.42. The molecule has 0 spiro atoms. The zero-order chi connectivity index (χ0) is 11.5. The van der Waals surface area contributed by atoms with Gasteiger partial charge in [-0.25, -0.2) is 0 Å². The Bertz CT molecular complexity index is 386. The quantitative estimate of drug-likeness (QED) is 0.826. The van der Waals surface area contributed by atoms with E-state index in [1.807, 2.05) is 0 Å². The maximum Gasteiger partial charge on any atom is 0.0700 e. The topological polar surface area (TPSA) is 33.3 Å². The SMILES string of the molecule is c1cc2c(cc1CNCC1CCCO1)CNC2. The molecule has 0 bridgehead atoms. The number of hydrogen-bond acceptors (Lipinski definition) is 3. The summed E-state index contributed by atoms with van der Waals surface area (Å²) < 4.78 is 5.59. The van der Waals surface area contributed by atoms with Gasteiger partial charge in [0.05, 0.1) is 6.10 Å². The van der Waals surface area contributed by atoms with E-state index in [0.717, 1.165) is 32.8 Å². The normalized spacial score (nSPS) is 22.9. The van der Waals surface area contributed by atoms with Gasteiger partial charge in [0.15, 0.2) is 0 Å². The molecule has 0 saturated carbocycles. The Labute approximate surface area is 103 Å². The lowest BCUT2D eigenvalue weighted by molar-refractivity contribution is 0.110. The number of rotatable bonds is 4. The Balaban J connectivity index is 1.51. The first-order valence-corrected chi connectivity index (χ1v) is 6.55. The van der Waals surface area contributed by atoms with Crippen LogP contribution in [0.2, 0.25) is 0 Å². The first kappa shape index (κ1) is 11.2. The number of benzene rings is 1. The van der Waals surface area contributed by atoms with Crippen molar-refractivity contribution in [2.75, 3.05) is 13.2 Å². The molecule has 1 fully saturated rings. The molecule has 0 radical (unpaired) electrons. The molecule has 2 aliphatic rings. The van der Waals surface area contributed by atoms with Crippen molar-refractivity contribution in [3.8, 4) is 0 Å². The minimum Gasteiger partial charge on any atom is -0.377 e. The molecule has 1 aromatic rings. The lowest BCUT2D eigenvalue weighted by Gasteiger charge is -2.11. The summed E-state index contributed by atoms with van der Waals surface area (Å²) in [6.45, 7) is 4.92. The molecule has 1 unspecified atom stereocenters. The molecule has 0 amide bonds. The van der Waals surface area contributed by atoms with Gasteiger partial charge in [-0.1, -0.05) is 18.2 Å². The molecule has 2 N–H and O–H groups in total. The first-order valence-electron chi connectivity index (χ1n) is 6.55. The van der Waals surface area contributed by atoms with Gasteiger partial charge in [0, 0.05) is 32.8 Å². The van der Waals surface area contributed by atoms with Crippen molar-refractivity contribution in [2.24, 2.45) is 0 Å². The van der Waals surface area contributed by atoms with E-state index < -0.39 is 0 Å². The largest absolute Gasteiger partial charge is 0.377 e. The van der Waals surface area contributed by atoms with Gasteiger partial charge < -0.3 is 15.4 Å². The van der Waals surface area contributed by atoms with Crippen molar-refractivity contribution < 1.29 is 4.74 Å². The second kappa shape index (κ2) is 5.17. The van der Waals surface area contributed by atoms with Gasteiger partial charge in [-0.15, -0.1) is 0 Å². The summed E-state index contributed by atoms with van der Waals surface area (Å²) in [5.74, 6) is 0. The van der Waals surface area contributed by atoms with Crippen LogP contribution in [-0.4, -0.2) is 19.3 Å². The minimum atomic E-state index is 0.436. The summed E-state index contributed by atoms with van der Waals surface area (Å²) in [6.07, 6.45) is 2.86.